The summed E-state index contributed by atoms with van der Waals surface area (Å²) in [5, 5.41) is 21.2. The van der Waals surface area contributed by atoms with Gasteiger partial charge in [0.1, 0.15) is 29.0 Å². The molecular formula is C32H38N2O8. The average molecular weight is 579 g/mol. The van der Waals surface area contributed by atoms with Crippen LogP contribution in [-0.2, 0) is 25.5 Å². The molecule has 0 amide bonds. The molecule has 1 aromatic heterocycles. The Bertz CT molecular complexity index is 1460. The molecule has 3 N–H and O–H groups in total. The Balaban J connectivity index is 1.76. The average Bonchev–Trinajstić information content (AvgIpc) is 3.13. The summed E-state index contributed by atoms with van der Waals surface area (Å²) < 4.78 is 23.7. The van der Waals surface area contributed by atoms with Crippen molar-refractivity contribution in [2.45, 2.75) is 45.2 Å². The largest absolute Gasteiger partial charge is 0.506 e. The highest BCUT2D eigenvalue weighted by molar-refractivity contribution is 5.92. The van der Waals surface area contributed by atoms with Crippen molar-refractivity contribution in [1.29, 1.82) is 0 Å². The molecule has 0 spiro atoms. The van der Waals surface area contributed by atoms with Gasteiger partial charge in [-0.1, -0.05) is 50.3 Å². The second-order valence-corrected chi connectivity index (χ2v) is 11.0. The lowest BCUT2D eigenvalue weighted by Gasteiger charge is -2.41. The molecule has 3 aliphatic heterocycles. The van der Waals surface area contributed by atoms with Gasteiger partial charge >= 0.3 is 5.97 Å². The van der Waals surface area contributed by atoms with E-state index in [9.17, 15) is 19.8 Å². The van der Waals surface area contributed by atoms with Crippen LogP contribution >= 0.6 is 0 Å². The van der Waals surface area contributed by atoms with Crippen molar-refractivity contribution in [3.63, 3.8) is 0 Å². The van der Waals surface area contributed by atoms with Crippen molar-refractivity contribution < 1.29 is 34.0 Å². The van der Waals surface area contributed by atoms with E-state index in [1.165, 1.54) is 0 Å². The Hall–Kier alpha value is -4.02. The SMILES string of the molecule is COCCCOC1=CC2=C(c3[nH]c(=O)c(C(=O)O)c(O)c3C(C(C)C)CO2)N(Cc2ccccc2)C1C1=CCOCC1. The van der Waals surface area contributed by atoms with Crippen molar-refractivity contribution in [3.05, 3.63) is 92.3 Å². The zero-order valence-electron chi connectivity index (χ0n) is 24.2. The van der Waals surface area contributed by atoms with Crippen LogP contribution in [0.15, 0.2) is 64.4 Å². The fraction of sp³-hybridized carbons (Fsp3) is 0.438. The highest BCUT2D eigenvalue weighted by Gasteiger charge is 2.42. The topological polar surface area (TPSA) is 131 Å². The second kappa shape index (κ2) is 12.9. The molecular weight excluding hydrogens is 540 g/mol. The standard InChI is InChI=1S/C32H38N2O8/c1-19(2)22-18-42-24-16-23(41-13-7-12-39-3)28(21-10-14-40-15-11-21)34(17-20-8-5-4-6-9-20)29(24)27-25(22)30(35)26(32(37)38)31(36)33-27/h4-6,8-10,16,19,22,28H,7,11-15,17-18H2,1-3H3,(H,37,38)(H2,33,35,36). The van der Waals surface area contributed by atoms with Gasteiger partial charge in [-0.2, -0.15) is 0 Å². The van der Waals surface area contributed by atoms with Gasteiger partial charge in [0.05, 0.1) is 32.1 Å². The Morgan fingerprint density at radius 1 is 1.21 bits per heavy atom. The van der Waals surface area contributed by atoms with Crippen molar-refractivity contribution in [2.24, 2.45) is 5.92 Å². The van der Waals surface area contributed by atoms with Crippen molar-refractivity contribution in [2.75, 3.05) is 40.1 Å². The first-order valence-electron chi connectivity index (χ1n) is 14.3. The number of fused-ring (bicyclic) bond motifs is 2. The molecule has 2 aromatic rings. The number of ether oxygens (including phenoxy) is 4. The molecule has 2 atom stereocenters. The number of hydrogen-bond acceptors (Lipinski definition) is 8. The van der Waals surface area contributed by atoms with Gasteiger partial charge in [0, 0.05) is 44.2 Å². The van der Waals surface area contributed by atoms with Gasteiger partial charge in [-0.3, -0.25) is 4.79 Å². The number of pyridine rings is 1. The number of benzene rings is 1. The first-order valence-corrected chi connectivity index (χ1v) is 14.3. The van der Waals surface area contributed by atoms with Crippen LogP contribution in [0.25, 0.3) is 5.70 Å². The third kappa shape index (κ3) is 5.82. The summed E-state index contributed by atoms with van der Waals surface area (Å²) in [6, 6.07) is 9.58. The number of carboxylic acids is 1. The summed E-state index contributed by atoms with van der Waals surface area (Å²) in [6.45, 7) is 6.59. The number of aromatic amines is 1. The molecule has 0 saturated heterocycles. The minimum absolute atomic E-state index is 0.0335. The molecule has 0 bridgehead atoms. The number of aromatic nitrogens is 1. The Morgan fingerprint density at radius 2 is 2.00 bits per heavy atom. The number of hydrogen-bond donors (Lipinski definition) is 3. The van der Waals surface area contributed by atoms with E-state index in [1.807, 2.05) is 50.3 Å². The molecule has 0 aliphatic carbocycles. The summed E-state index contributed by atoms with van der Waals surface area (Å²) in [5.74, 6) is -1.25. The lowest BCUT2D eigenvalue weighted by molar-refractivity contribution is 0.0691. The van der Waals surface area contributed by atoms with E-state index in [0.29, 0.717) is 74.3 Å². The molecule has 224 valence electrons. The van der Waals surface area contributed by atoms with Gasteiger partial charge in [0.25, 0.3) is 5.56 Å². The summed E-state index contributed by atoms with van der Waals surface area (Å²) in [7, 11) is 1.65. The van der Waals surface area contributed by atoms with E-state index < -0.39 is 22.8 Å². The van der Waals surface area contributed by atoms with E-state index in [1.54, 1.807) is 7.11 Å². The maximum Gasteiger partial charge on any atom is 0.345 e. The van der Waals surface area contributed by atoms with Crippen LogP contribution in [0.5, 0.6) is 5.75 Å². The Kier molecular flexibility index (Phi) is 9.03. The fourth-order valence-corrected chi connectivity index (χ4v) is 5.85. The van der Waals surface area contributed by atoms with E-state index in [4.69, 9.17) is 18.9 Å². The zero-order chi connectivity index (χ0) is 29.8. The monoisotopic (exact) mass is 578 g/mol. The smallest absolute Gasteiger partial charge is 0.345 e. The number of aromatic hydroxyl groups is 1. The third-order valence-electron chi connectivity index (χ3n) is 7.95. The number of aromatic carboxylic acids is 1. The number of H-pyrrole nitrogens is 1. The number of nitrogens with one attached hydrogen (secondary N) is 1. The number of allylic oxidation sites excluding steroid dienone is 1. The predicted octanol–water partition coefficient (Wildman–Crippen LogP) is 4.39. The molecule has 10 heteroatoms. The highest BCUT2D eigenvalue weighted by atomic mass is 16.5. The zero-order valence-corrected chi connectivity index (χ0v) is 24.2. The third-order valence-corrected chi connectivity index (χ3v) is 7.95. The van der Waals surface area contributed by atoms with Crippen LogP contribution in [0, 0.1) is 5.92 Å². The van der Waals surface area contributed by atoms with Crippen molar-refractivity contribution in [3.8, 4) is 5.75 Å². The number of nitrogens with zero attached hydrogens (tertiary/aromatic N) is 1. The van der Waals surface area contributed by atoms with Gasteiger partial charge < -0.3 is 39.0 Å². The molecule has 3 aliphatic rings. The van der Waals surface area contributed by atoms with Gasteiger partial charge in [0.2, 0.25) is 0 Å². The minimum atomic E-state index is -1.49. The van der Waals surface area contributed by atoms with Gasteiger partial charge in [-0.25, -0.2) is 4.79 Å². The van der Waals surface area contributed by atoms with Crippen molar-refractivity contribution in [1.82, 2.24) is 9.88 Å². The molecule has 10 nitrogen and oxygen atoms in total. The van der Waals surface area contributed by atoms with Crippen molar-refractivity contribution >= 4 is 11.7 Å². The quantitative estimate of drug-likeness (QED) is 0.278. The number of carbonyl (C=O) groups is 1. The number of carboxylic acid groups (broad SMARTS) is 1. The Morgan fingerprint density at radius 3 is 2.67 bits per heavy atom. The van der Waals surface area contributed by atoms with Crippen LogP contribution in [0.3, 0.4) is 0 Å². The normalized spacial score (nSPS) is 20.2. The summed E-state index contributed by atoms with van der Waals surface area (Å²) >= 11 is 0. The maximum atomic E-state index is 13.2. The van der Waals surface area contributed by atoms with Crippen LogP contribution in [0.4, 0.5) is 0 Å². The van der Waals surface area contributed by atoms with Gasteiger partial charge in [0.15, 0.2) is 5.56 Å². The molecule has 42 heavy (non-hydrogen) atoms. The molecule has 0 fully saturated rings. The molecule has 0 saturated carbocycles. The molecule has 4 heterocycles. The van der Waals surface area contributed by atoms with Crippen LogP contribution in [0.1, 0.15) is 59.8 Å². The lowest BCUT2D eigenvalue weighted by atomic mass is 9.85. The second-order valence-electron chi connectivity index (χ2n) is 11.0. The van der Waals surface area contributed by atoms with Crippen LogP contribution in [0.2, 0.25) is 0 Å². The highest BCUT2D eigenvalue weighted by Crippen LogP contribution is 2.46. The first kappa shape index (κ1) is 29.5. The number of methoxy groups -OCH3 is 1. The summed E-state index contributed by atoms with van der Waals surface area (Å²) in [6.07, 6.45) is 5.32. The van der Waals surface area contributed by atoms with E-state index in [-0.39, 0.29) is 24.5 Å². The molecule has 1 aromatic carbocycles. The minimum Gasteiger partial charge on any atom is -0.506 e. The predicted molar refractivity (Wildman–Crippen MR) is 156 cm³/mol. The summed E-state index contributed by atoms with van der Waals surface area (Å²) in [5.41, 5.74) is 1.86. The van der Waals surface area contributed by atoms with E-state index >= 15 is 0 Å². The van der Waals surface area contributed by atoms with E-state index in [2.05, 4.69) is 16.0 Å². The van der Waals surface area contributed by atoms with Crippen LogP contribution in [-0.4, -0.2) is 72.3 Å². The molecule has 2 unspecified atom stereocenters. The van der Waals surface area contributed by atoms with Gasteiger partial charge in [-0.05, 0) is 23.5 Å². The fourth-order valence-electron chi connectivity index (χ4n) is 5.85. The van der Waals surface area contributed by atoms with Gasteiger partial charge in [-0.15, -0.1) is 0 Å². The van der Waals surface area contributed by atoms with Crippen LogP contribution < -0.4 is 5.56 Å². The molecule has 0 radical (unpaired) electrons. The molecule has 5 rings (SSSR count). The number of rotatable bonds is 10. The maximum absolute atomic E-state index is 13.2. The Labute approximate surface area is 244 Å². The lowest BCUT2D eigenvalue weighted by Crippen LogP contribution is -2.42. The first-order chi connectivity index (χ1) is 20.3. The van der Waals surface area contributed by atoms with E-state index in [0.717, 1.165) is 11.1 Å². The summed E-state index contributed by atoms with van der Waals surface area (Å²) in [4.78, 5) is 30.2.